The highest BCUT2D eigenvalue weighted by molar-refractivity contribution is 7.99. The van der Waals surface area contributed by atoms with Crippen LogP contribution in [0.25, 0.3) is 17.1 Å². The van der Waals surface area contributed by atoms with Gasteiger partial charge in [-0.2, -0.15) is 0 Å². The highest BCUT2D eigenvalue weighted by Crippen LogP contribution is 2.29. The van der Waals surface area contributed by atoms with E-state index in [1.165, 1.54) is 17.3 Å². The van der Waals surface area contributed by atoms with Gasteiger partial charge < -0.3 is 11.1 Å². The van der Waals surface area contributed by atoms with Gasteiger partial charge in [0.05, 0.1) is 5.75 Å². The molecule has 6 nitrogen and oxygen atoms in total. The molecule has 0 unspecified atom stereocenters. The second kappa shape index (κ2) is 9.06. The van der Waals surface area contributed by atoms with Crippen molar-refractivity contribution in [2.45, 2.75) is 19.0 Å². The lowest BCUT2D eigenvalue weighted by atomic mass is 10.1. The van der Waals surface area contributed by atoms with Crippen LogP contribution in [0.4, 0.5) is 11.4 Å². The largest absolute Gasteiger partial charge is 0.399 e. The highest BCUT2D eigenvalue weighted by atomic mass is 32.2. The van der Waals surface area contributed by atoms with E-state index >= 15 is 0 Å². The van der Waals surface area contributed by atoms with Gasteiger partial charge in [-0.15, -0.1) is 10.2 Å². The number of amides is 1. The van der Waals surface area contributed by atoms with E-state index in [0.29, 0.717) is 16.7 Å². The van der Waals surface area contributed by atoms with Crippen LogP contribution in [-0.4, -0.2) is 26.4 Å². The number of anilines is 2. The van der Waals surface area contributed by atoms with Crippen LogP contribution in [0.1, 0.15) is 11.1 Å². The second-order valence-corrected chi connectivity index (χ2v) is 8.18. The van der Waals surface area contributed by atoms with Crippen molar-refractivity contribution in [1.29, 1.82) is 0 Å². The predicted octanol–water partition coefficient (Wildman–Crippen LogP) is 4.86. The monoisotopic (exact) mass is 429 g/mol. The minimum absolute atomic E-state index is 0.0960. The number of rotatable bonds is 6. The smallest absolute Gasteiger partial charge is 0.234 e. The van der Waals surface area contributed by atoms with Gasteiger partial charge in [0.25, 0.3) is 0 Å². The number of carbonyl (C=O) groups is 1. The lowest BCUT2D eigenvalue weighted by molar-refractivity contribution is -0.113. The number of hydrogen-bond acceptors (Lipinski definition) is 5. The van der Waals surface area contributed by atoms with Gasteiger partial charge in [0.2, 0.25) is 5.91 Å². The van der Waals surface area contributed by atoms with Crippen molar-refractivity contribution < 1.29 is 4.79 Å². The topological polar surface area (TPSA) is 85.8 Å². The fourth-order valence-corrected chi connectivity index (χ4v) is 3.94. The third-order valence-electron chi connectivity index (χ3n) is 4.92. The predicted molar refractivity (Wildman–Crippen MR) is 126 cm³/mol. The number of para-hydroxylation sites is 1. The molecule has 7 heteroatoms. The van der Waals surface area contributed by atoms with Gasteiger partial charge in [-0.25, -0.2) is 0 Å². The molecule has 4 rings (SSSR count). The number of hydrogen-bond donors (Lipinski definition) is 2. The minimum Gasteiger partial charge on any atom is -0.399 e. The molecule has 1 heterocycles. The van der Waals surface area contributed by atoms with Crippen LogP contribution in [0.15, 0.2) is 78.0 Å². The Kier molecular flexibility index (Phi) is 6.04. The van der Waals surface area contributed by atoms with Crippen molar-refractivity contribution in [3.63, 3.8) is 0 Å². The Morgan fingerprint density at radius 3 is 2.52 bits per heavy atom. The zero-order valence-corrected chi connectivity index (χ0v) is 18.2. The third-order valence-corrected chi connectivity index (χ3v) is 5.84. The van der Waals surface area contributed by atoms with E-state index in [-0.39, 0.29) is 11.7 Å². The molecule has 3 N–H and O–H groups in total. The first-order valence-corrected chi connectivity index (χ1v) is 10.9. The summed E-state index contributed by atoms with van der Waals surface area (Å²) in [5.74, 6) is 0.798. The van der Waals surface area contributed by atoms with Gasteiger partial charge in [-0.3, -0.25) is 9.36 Å². The summed E-state index contributed by atoms with van der Waals surface area (Å²) >= 11 is 1.34. The van der Waals surface area contributed by atoms with Crippen LogP contribution in [0, 0.1) is 13.8 Å². The molecule has 156 valence electrons. The molecule has 31 heavy (non-hydrogen) atoms. The molecule has 4 aromatic rings. The lowest BCUT2D eigenvalue weighted by Crippen LogP contribution is -2.14. The van der Waals surface area contributed by atoms with E-state index in [1.807, 2.05) is 91.2 Å². The third kappa shape index (κ3) is 4.78. The number of thioether (sulfide) groups is 1. The molecule has 0 saturated heterocycles. The molecule has 0 aliphatic rings. The molecule has 0 bridgehead atoms. The fourth-order valence-electron chi connectivity index (χ4n) is 3.18. The van der Waals surface area contributed by atoms with Crippen LogP contribution in [0.5, 0.6) is 0 Å². The van der Waals surface area contributed by atoms with Gasteiger partial charge in [-0.05, 0) is 61.4 Å². The van der Waals surface area contributed by atoms with Crippen LogP contribution in [-0.2, 0) is 4.79 Å². The van der Waals surface area contributed by atoms with Crippen molar-refractivity contribution in [3.05, 3.63) is 83.9 Å². The van der Waals surface area contributed by atoms with Crippen molar-refractivity contribution in [2.75, 3.05) is 16.8 Å². The van der Waals surface area contributed by atoms with Gasteiger partial charge in [0, 0.05) is 22.6 Å². The zero-order valence-electron chi connectivity index (χ0n) is 17.4. The molecular formula is C24H23N5OS. The number of aryl methyl sites for hydroxylation is 2. The van der Waals surface area contributed by atoms with E-state index in [0.717, 1.165) is 22.5 Å². The maximum absolute atomic E-state index is 12.5. The minimum atomic E-state index is -0.0960. The quantitative estimate of drug-likeness (QED) is 0.338. The van der Waals surface area contributed by atoms with Crippen LogP contribution in [0.2, 0.25) is 0 Å². The fraction of sp³-hybridized carbons (Fsp3) is 0.125. The number of nitrogens with two attached hydrogens (primary N) is 1. The van der Waals surface area contributed by atoms with Gasteiger partial charge in [0.15, 0.2) is 11.0 Å². The first-order chi connectivity index (χ1) is 15.0. The average molecular weight is 430 g/mol. The Bertz CT molecular complexity index is 1220. The van der Waals surface area contributed by atoms with Crippen molar-refractivity contribution in [2.24, 2.45) is 0 Å². The van der Waals surface area contributed by atoms with Crippen LogP contribution in [0.3, 0.4) is 0 Å². The Morgan fingerprint density at radius 1 is 0.968 bits per heavy atom. The number of carbonyl (C=O) groups excluding carboxylic acids is 1. The SMILES string of the molecule is Cc1ccc(NC(=O)CSc2nnc(-c3cccc(N)c3)n2-c2ccccc2)cc1C. The summed E-state index contributed by atoms with van der Waals surface area (Å²) in [7, 11) is 0. The number of benzene rings is 3. The van der Waals surface area contributed by atoms with Crippen molar-refractivity contribution >= 4 is 29.0 Å². The summed E-state index contributed by atoms with van der Waals surface area (Å²) in [6.07, 6.45) is 0. The van der Waals surface area contributed by atoms with E-state index in [4.69, 9.17) is 5.73 Å². The van der Waals surface area contributed by atoms with Crippen LogP contribution < -0.4 is 11.1 Å². The molecule has 0 atom stereocenters. The Balaban J connectivity index is 1.58. The Morgan fingerprint density at radius 2 is 1.77 bits per heavy atom. The molecule has 0 aliphatic carbocycles. The summed E-state index contributed by atoms with van der Waals surface area (Å²) in [6, 6.07) is 23.3. The first-order valence-electron chi connectivity index (χ1n) is 9.88. The van der Waals surface area contributed by atoms with Gasteiger partial charge in [-0.1, -0.05) is 48.2 Å². The summed E-state index contributed by atoms with van der Waals surface area (Å²) in [5, 5.41) is 12.3. The molecule has 0 radical (unpaired) electrons. The summed E-state index contributed by atoms with van der Waals surface area (Å²) in [5.41, 5.74) is 11.5. The number of nitrogens with one attached hydrogen (secondary N) is 1. The van der Waals surface area contributed by atoms with E-state index < -0.39 is 0 Å². The zero-order chi connectivity index (χ0) is 21.8. The first kappa shape index (κ1) is 20.7. The van der Waals surface area contributed by atoms with Crippen molar-refractivity contribution in [1.82, 2.24) is 14.8 Å². The highest BCUT2D eigenvalue weighted by Gasteiger charge is 2.17. The maximum Gasteiger partial charge on any atom is 0.234 e. The molecule has 0 saturated carbocycles. The average Bonchev–Trinajstić information content (AvgIpc) is 3.19. The number of nitrogens with zero attached hydrogens (tertiary/aromatic N) is 3. The van der Waals surface area contributed by atoms with Gasteiger partial charge in [0.1, 0.15) is 0 Å². The molecular weight excluding hydrogens is 406 g/mol. The molecule has 1 amide bonds. The molecule has 1 aromatic heterocycles. The lowest BCUT2D eigenvalue weighted by Gasteiger charge is -2.11. The molecule has 0 spiro atoms. The second-order valence-electron chi connectivity index (χ2n) is 7.24. The molecule has 0 aliphatic heterocycles. The molecule has 0 fully saturated rings. The van der Waals surface area contributed by atoms with Gasteiger partial charge >= 0.3 is 0 Å². The van der Waals surface area contributed by atoms with Crippen LogP contribution >= 0.6 is 11.8 Å². The van der Waals surface area contributed by atoms with E-state index in [2.05, 4.69) is 15.5 Å². The molecule has 3 aromatic carbocycles. The maximum atomic E-state index is 12.5. The standard InChI is InChI=1S/C24H23N5OS/c1-16-11-12-20(13-17(16)2)26-22(30)15-31-24-28-27-23(18-7-6-8-19(25)14-18)29(24)21-9-4-3-5-10-21/h3-14H,15,25H2,1-2H3,(H,26,30). The van der Waals surface area contributed by atoms with E-state index in [1.54, 1.807) is 0 Å². The summed E-state index contributed by atoms with van der Waals surface area (Å²) in [4.78, 5) is 12.5. The Labute approximate surface area is 185 Å². The summed E-state index contributed by atoms with van der Waals surface area (Å²) in [6.45, 7) is 4.07. The van der Waals surface area contributed by atoms with Crippen molar-refractivity contribution in [3.8, 4) is 17.1 Å². The Hall–Kier alpha value is -3.58. The number of aromatic nitrogens is 3. The van der Waals surface area contributed by atoms with E-state index in [9.17, 15) is 4.79 Å². The normalized spacial score (nSPS) is 10.8. The summed E-state index contributed by atoms with van der Waals surface area (Å²) < 4.78 is 1.95. The number of nitrogen functional groups attached to an aromatic ring is 1.